The molecule has 0 fully saturated rings. The minimum Gasteiger partial charge on any atom is -0.496 e. The molecular formula is C17H21ClN4O2. The van der Waals surface area contributed by atoms with Crippen molar-refractivity contribution in [1.82, 2.24) is 19.7 Å². The van der Waals surface area contributed by atoms with Gasteiger partial charge in [-0.25, -0.2) is 0 Å². The number of benzene rings is 1. The number of carbonyl (C=O) groups excluding carboxylic acids is 1. The first-order chi connectivity index (χ1) is 11.4. The third kappa shape index (κ3) is 2.86. The van der Waals surface area contributed by atoms with E-state index < -0.39 is 0 Å². The number of aromatic nitrogens is 3. The minimum absolute atomic E-state index is 0.110. The summed E-state index contributed by atoms with van der Waals surface area (Å²) in [5.74, 6) is 2.48. The molecule has 1 aliphatic heterocycles. The van der Waals surface area contributed by atoms with E-state index in [1.165, 1.54) is 0 Å². The zero-order valence-electron chi connectivity index (χ0n) is 14.3. The quantitative estimate of drug-likeness (QED) is 0.854. The molecule has 0 N–H and O–H groups in total. The Hall–Kier alpha value is -2.08. The summed E-state index contributed by atoms with van der Waals surface area (Å²) in [6.07, 6.45) is 0. The Balaban J connectivity index is 1.92. The highest BCUT2D eigenvalue weighted by Crippen LogP contribution is 2.29. The van der Waals surface area contributed by atoms with Crippen LogP contribution >= 0.6 is 11.6 Å². The van der Waals surface area contributed by atoms with E-state index >= 15 is 0 Å². The number of halogens is 1. The van der Waals surface area contributed by atoms with Gasteiger partial charge in [0.2, 0.25) is 0 Å². The number of ether oxygens (including phenoxy) is 1. The van der Waals surface area contributed by atoms with Crippen LogP contribution < -0.4 is 4.74 Å². The molecule has 6 nitrogen and oxygen atoms in total. The maximum atomic E-state index is 13.0. The van der Waals surface area contributed by atoms with E-state index in [9.17, 15) is 4.79 Å². The molecule has 0 unspecified atom stereocenters. The third-order valence-corrected chi connectivity index (χ3v) is 4.48. The molecule has 0 saturated heterocycles. The van der Waals surface area contributed by atoms with Gasteiger partial charge in [-0.15, -0.1) is 10.2 Å². The molecule has 0 aliphatic carbocycles. The largest absolute Gasteiger partial charge is 0.496 e. The second-order valence-electron chi connectivity index (χ2n) is 6.38. The van der Waals surface area contributed by atoms with Crippen molar-refractivity contribution in [3.63, 3.8) is 0 Å². The molecule has 24 heavy (non-hydrogen) atoms. The molecule has 2 heterocycles. The summed E-state index contributed by atoms with van der Waals surface area (Å²) in [6, 6.07) is 5.19. The van der Waals surface area contributed by atoms with Crippen molar-refractivity contribution in [3.8, 4) is 5.75 Å². The van der Waals surface area contributed by atoms with Gasteiger partial charge in [-0.2, -0.15) is 0 Å². The summed E-state index contributed by atoms with van der Waals surface area (Å²) in [5, 5.41) is 9.08. The molecule has 1 atom stereocenters. The molecule has 1 aliphatic rings. The molecule has 2 aromatic rings. The second-order valence-corrected chi connectivity index (χ2v) is 6.81. The van der Waals surface area contributed by atoms with Crippen molar-refractivity contribution in [3.05, 3.63) is 40.4 Å². The molecule has 0 spiro atoms. The van der Waals surface area contributed by atoms with Crippen molar-refractivity contribution in [2.45, 2.75) is 39.3 Å². The van der Waals surface area contributed by atoms with Gasteiger partial charge in [0.05, 0.1) is 25.3 Å². The van der Waals surface area contributed by atoms with Crippen LogP contribution in [0.5, 0.6) is 5.75 Å². The van der Waals surface area contributed by atoms with Crippen LogP contribution in [0.4, 0.5) is 0 Å². The summed E-state index contributed by atoms with van der Waals surface area (Å²) in [4.78, 5) is 14.7. The van der Waals surface area contributed by atoms with Crippen molar-refractivity contribution in [2.24, 2.45) is 0 Å². The third-order valence-electron chi connectivity index (χ3n) is 4.25. The highest BCUT2D eigenvalue weighted by molar-refractivity contribution is 6.31. The Morgan fingerprint density at radius 3 is 2.79 bits per heavy atom. The normalized spacial score (nSPS) is 17.1. The lowest BCUT2D eigenvalue weighted by atomic mass is 10.1. The fourth-order valence-corrected chi connectivity index (χ4v) is 3.30. The number of fused-ring (bicyclic) bond motifs is 1. The van der Waals surface area contributed by atoms with Crippen molar-refractivity contribution < 1.29 is 9.53 Å². The smallest absolute Gasteiger partial charge is 0.258 e. The number of rotatable bonds is 3. The van der Waals surface area contributed by atoms with E-state index in [2.05, 4.69) is 35.5 Å². The Bertz CT molecular complexity index is 772. The van der Waals surface area contributed by atoms with Crippen LogP contribution in [0.3, 0.4) is 0 Å². The number of hydrogen-bond acceptors (Lipinski definition) is 4. The van der Waals surface area contributed by atoms with E-state index in [1.54, 1.807) is 30.2 Å². The molecule has 0 radical (unpaired) electrons. The molecule has 0 saturated carbocycles. The number of hydrogen-bond donors (Lipinski definition) is 0. The average molecular weight is 349 g/mol. The Morgan fingerprint density at radius 1 is 1.38 bits per heavy atom. The van der Waals surface area contributed by atoms with E-state index in [0.717, 1.165) is 11.6 Å². The Kier molecular flexibility index (Phi) is 4.49. The SMILES string of the molecule is COc1ccc(Cl)cc1C(=O)N1Cc2nnc(C(C)C)n2[C@@H](C)C1. The predicted molar refractivity (Wildman–Crippen MR) is 91.6 cm³/mol. The van der Waals surface area contributed by atoms with Gasteiger partial charge >= 0.3 is 0 Å². The Morgan fingerprint density at radius 2 is 2.12 bits per heavy atom. The van der Waals surface area contributed by atoms with Gasteiger partial charge in [0, 0.05) is 17.5 Å². The highest BCUT2D eigenvalue weighted by atomic mass is 35.5. The standard InChI is InChI=1S/C17H21ClN4O2/c1-10(2)16-20-19-15-9-21(8-11(3)22(15)16)17(23)13-7-12(18)5-6-14(13)24-4/h5-7,10-11H,8-9H2,1-4H3/t11-/m0/s1. The lowest BCUT2D eigenvalue weighted by molar-refractivity contribution is 0.0676. The zero-order valence-corrected chi connectivity index (χ0v) is 15.0. The van der Waals surface area contributed by atoms with E-state index in [4.69, 9.17) is 16.3 Å². The van der Waals surface area contributed by atoms with Crippen LogP contribution in [0, 0.1) is 0 Å². The monoisotopic (exact) mass is 348 g/mol. The predicted octanol–water partition coefficient (Wildman–Crippen LogP) is 3.28. The molecular weight excluding hydrogens is 328 g/mol. The van der Waals surface area contributed by atoms with Crippen LogP contribution in [0.2, 0.25) is 5.02 Å². The number of methoxy groups -OCH3 is 1. The van der Waals surface area contributed by atoms with Gasteiger partial charge in [-0.1, -0.05) is 25.4 Å². The van der Waals surface area contributed by atoms with Gasteiger partial charge in [-0.05, 0) is 25.1 Å². The maximum Gasteiger partial charge on any atom is 0.258 e. The Labute approximate surface area is 146 Å². The van der Waals surface area contributed by atoms with Gasteiger partial charge in [-0.3, -0.25) is 4.79 Å². The second kappa shape index (κ2) is 6.43. The first kappa shape index (κ1) is 16.8. The molecule has 1 aromatic heterocycles. The van der Waals surface area contributed by atoms with E-state index in [-0.39, 0.29) is 11.9 Å². The minimum atomic E-state index is -0.110. The van der Waals surface area contributed by atoms with Crippen LogP contribution in [0.15, 0.2) is 18.2 Å². The lowest BCUT2D eigenvalue weighted by Gasteiger charge is -2.33. The summed E-state index contributed by atoms with van der Waals surface area (Å²) in [7, 11) is 1.55. The maximum absolute atomic E-state index is 13.0. The molecule has 128 valence electrons. The first-order valence-electron chi connectivity index (χ1n) is 7.98. The fraction of sp³-hybridized carbons (Fsp3) is 0.471. The topological polar surface area (TPSA) is 60.2 Å². The molecule has 1 aromatic carbocycles. The molecule has 0 bridgehead atoms. The number of carbonyl (C=O) groups is 1. The van der Waals surface area contributed by atoms with Gasteiger partial charge in [0.1, 0.15) is 11.6 Å². The van der Waals surface area contributed by atoms with Crippen molar-refractivity contribution in [2.75, 3.05) is 13.7 Å². The summed E-state index contributed by atoms with van der Waals surface area (Å²) in [5.41, 5.74) is 0.467. The van der Waals surface area contributed by atoms with Gasteiger partial charge in [0.25, 0.3) is 5.91 Å². The average Bonchev–Trinajstić information content (AvgIpc) is 2.99. The summed E-state index contributed by atoms with van der Waals surface area (Å²) < 4.78 is 7.45. The molecule has 3 rings (SSSR count). The summed E-state index contributed by atoms with van der Waals surface area (Å²) in [6.45, 7) is 7.29. The first-order valence-corrected chi connectivity index (χ1v) is 8.36. The van der Waals surface area contributed by atoms with Crippen LogP contribution in [0.25, 0.3) is 0 Å². The highest BCUT2D eigenvalue weighted by Gasteiger charge is 2.31. The van der Waals surface area contributed by atoms with E-state index in [1.807, 2.05) is 0 Å². The van der Waals surface area contributed by atoms with E-state index in [0.29, 0.717) is 35.3 Å². The van der Waals surface area contributed by atoms with Crippen molar-refractivity contribution >= 4 is 17.5 Å². The fourth-order valence-electron chi connectivity index (χ4n) is 3.13. The van der Waals surface area contributed by atoms with Crippen LogP contribution in [-0.4, -0.2) is 39.2 Å². The molecule has 7 heteroatoms. The molecule has 1 amide bonds. The zero-order chi connectivity index (χ0) is 17.4. The van der Waals surface area contributed by atoms with Crippen molar-refractivity contribution in [1.29, 1.82) is 0 Å². The van der Waals surface area contributed by atoms with Crippen LogP contribution in [0.1, 0.15) is 54.7 Å². The van der Waals surface area contributed by atoms with Gasteiger partial charge < -0.3 is 14.2 Å². The summed E-state index contributed by atoms with van der Waals surface area (Å²) >= 11 is 6.05. The lowest BCUT2D eigenvalue weighted by Crippen LogP contribution is -2.41. The number of nitrogens with zero attached hydrogens (tertiary/aromatic N) is 4. The number of amides is 1. The van der Waals surface area contributed by atoms with Crippen LogP contribution in [-0.2, 0) is 6.54 Å². The van der Waals surface area contributed by atoms with Gasteiger partial charge in [0.15, 0.2) is 5.82 Å².